The molecule has 1 amide bonds. The first-order chi connectivity index (χ1) is 17.6. The molecule has 1 saturated heterocycles. The van der Waals surface area contributed by atoms with Gasteiger partial charge in [-0.3, -0.25) is 10.1 Å². The van der Waals surface area contributed by atoms with Crippen molar-refractivity contribution in [2.45, 2.75) is 29.3 Å². The maximum Gasteiger partial charge on any atom is 0.412 e. The Morgan fingerprint density at radius 1 is 1.08 bits per heavy atom. The Bertz CT molecular complexity index is 1410. The lowest BCUT2D eigenvalue weighted by Gasteiger charge is -2.36. The number of carboxylic acid groups (broad SMARTS) is 1. The van der Waals surface area contributed by atoms with Gasteiger partial charge in [0, 0.05) is 38.8 Å². The van der Waals surface area contributed by atoms with Crippen LogP contribution in [0, 0.1) is 0 Å². The first kappa shape index (κ1) is 26.4. The highest BCUT2D eigenvalue weighted by Crippen LogP contribution is 2.29. The van der Waals surface area contributed by atoms with Gasteiger partial charge < -0.3 is 25.8 Å². The van der Waals surface area contributed by atoms with Crippen molar-refractivity contribution < 1.29 is 27.9 Å². The van der Waals surface area contributed by atoms with E-state index in [2.05, 4.69) is 10.6 Å². The average Bonchev–Trinajstić information content (AvgIpc) is 2.88. The van der Waals surface area contributed by atoms with Crippen LogP contribution in [-0.4, -0.2) is 67.8 Å². The largest absolute Gasteiger partial charge is 0.480 e. The SMILES string of the molecule is CC(N[C@@H](Cc1cccc(N)c1)C(=O)O)(OC(=O)N1CCNCC1)S(=O)(=O)c1ccc2ccccc2c1. The summed E-state index contributed by atoms with van der Waals surface area (Å²) in [6.45, 7) is 2.90. The number of sulfone groups is 1. The maximum atomic E-state index is 14.0. The Kier molecular flexibility index (Phi) is 7.67. The number of anilines is 1. The van der Waals surface area contributed by atoms with Crippen molar-refractivity contribution in [1.82, 2.24) is 15.5 Å². The number of aliphatic carboxylic acids is 1. The minimum absolute atomic E-state index is 0.0889. The van der Waals surface area contributed by atoms with E-state index in [1.54, 1.807) is 42.5 Å². The van der Waals surface area contributed by atoms with Crippen LogP contribution in [-0.2, 0) is 25.8 Å². The quantitative estimate of drug-likeness (QED) is 0.256. The summed E-state index contributed by atoms with van der Waals surface area (Å²) >= 11 is 0. The van der Waals surface area contributed by atoms with Crippen LogP contribution < -0.4 is 16.4 Å². The molecule has 0 saturated carbocycles. The predicted octanol–water partition coefficient (Wildman–Crippen LogP) is 2.20. The smallest absolute Gasteiger partial charge is 0.412 e. The highest BCUT2D eigenvalue weighted by atomic mass is 32.2. The standard InChI is InChI=1S/C26H30N4O6S/c1-26(36-25(33)30-13-11-28-12-14-30,29-23(24(31)32)16-18-5-4-8-21(27)15-18)37(34,35)22-10-9-19-6-2-3-7-20(19)17-22/h2-10,15,17,23,28-29H,11-14,16,27H2,1H3,(H,31,32)/t23-,26?/m0/s1. The lowest BCUT2D eigenvalue weighted by molar-refractivity contribution is -0.141. The van der Waals surface area contributed by atoms with Crippen LogP contribution >= 0.6 is 0 Å². The third kappa shape index (κ3) is 5.85. The molecule has 0 aliphatic carbocycles. The van der Waals surface area contributed by atoms with Crippen LogP contribution in [0.1, 0.15) is 12.5 Å². The number of fused-ring (bicyclic) bond motifs is 1. The summed E-state index contributed by atoms with van der Waals surface area (Å²) in [4.78, 5) is 26.6. The number of nitrogens with one attached hydrogen (secondary N) is 2. The molecule has 37 heavy (non-hydrogen) atoms. The average molecular weight is 527 g/mol. The van der Waals surface area contributed by atoms with Gasteiger partial charge >= 0.3 is 12.1 Å². The van der Waals surface area contributed by atoms with E-state index in [0.29, 0.717) is 42.8 Å². The van der Waals surface area contributed by atoms with Gasteiger partial charge in [0.2, 0.25) is 9.84 Å². The number of carbonyl (C=O) groups excluding carboxylic acids is 1. The van der Waals surface area contributed by atoms with E-state index in [4.69, 9.17) is 10.5 Å². The summed E-state index contributed by atoms with van der Waals surface area (Å²) in [7, 11) is -4.44. The Morgan fingerprint density at radius 3 is 2.46 bits per heavy atom. The molecule has 5 N–H and O–H groups in total. The number of ether oxygens (including phenoxy) is 1. The molecule has 1 aliphatic heterocycles. The fourth-order valence-electron chi connectivity index (χ4n) is 4.27. The Labute approximate surface area is 215 Å². The lowest BCUT2D eigenvalue weighted by atomic mass is 10.1. The van der Waals surface area contributed by atoms with Crippen molar-refractivity contribution in [2.24, 2.45) is 0 Å². The number of carboxylic acids is 1. The summed E-state index contributed by atoms with van der Waals surface area (Å²) in [6, 6.07) is 17.0. The molecular formula is C26H30N4O6S. The molecule has 4 rings (SSSR count). The summed E-state index contributed by atoms with van der Waals surface area (Å²) in [5, 5.41) is 14.9. The van der Waals surface area contributed by atoms with Crippen molar-refractivity contribution in [3.8, 4) is 0 Å². The van der Waals surface area contributed by atoms with Gasteiger partial charge in [-0.05, 0) is 47.0 Å². The summed E-state index contributed by atoms with van der Waals surface area (Å²) in [6.07, 6.45) is -0.942. The fourth-order valence-corrected chi connectivity index (χ4v) is 5.73. The molecule has 11 heteroatoms. The fraction of sp³-hybridized carbons (Fsp3) is 0.308. The van der Waals surface area contributed by atoms with Crippen molar-refractivity contribution in [1.29, 1.82) is 0 Å². The van der Waals surface area contributed by atoms with Crippen LogP contribution in [0.2, 0.25) is 0 Å². The molecule has 3 aromatic carbocycles. The second-order valence-corrected chi connectivity index (χ2v) is 11.3. The molecule has 0 spiro atoms. The summed E-state index contributed by atoms with van der Waals surface area (Å²) in [5.74, 6) is -1.31. The minimum Gasteiger partial charge on any atom is -0.480 e. The van der Waals surface area contributed by atoms with Crippen LogP contribution in [0.15, 0.2) is 71.6 Å². The topological polar surface area (TPSA) is 151 Å². The van der Waals surface area contributed by atoms with Crippen molar-refractivity contribution >= 4 is 38.4 Å². The van der Waals surface area contributed by atoms with Gasteiger partial charge in [0.15, 0.2) is 0 Å². The van der Waals surface area contributed by atoms with Crippen LogP contribution in [0.4, 0.5) is 10.5 Å². The first-order valence-electron chi connectivity index (χ1n) is 11.9. The third-order valence-electron chi connectivity index (χ3n) is 6.33. The number of piperazine rings is 1. The van der Waals surface area contributed by atoms with Gasteiger partial charge in [-0.25, -0.2) is 13.2 Å². The zero-order chi connectivity index (χ0) is 26.6. The molecule has 0 radical (unpaired) electrons. The second-order valence-electron chi connectivity index (χ2n) is 9.05. The van der Waals surface area contributed by atoms with E-state index in [1.165, 1.54) is 24.0 Å². The van der Waals surface area contributed by atoms with Gasteiger partial charge in [0.05, 0.1) is 4.90 Å². The van der Waals surface area contributed by atoms with Crippen molar-refractivity contribution in [3.05, 3.63) is 72.3 Å². The van der Waals surface area contributed by atoms with Crippen LogP contribution in [0.25, 0.3) is 10.8 Å². The number of rotatable bonds is 8. The van der Waals surface area contributed by atoms with Crippen LogP contribution in [0.3, 0.4) is 0 Å². The minimum atomic E-state index is -4.44. The number of nitrogens with two attached hydrogens (primary N) is 1. The highest BCUT2D eigenvalue weighted by Gasteiger charge is 2.48. The lowest BCUT2D eigenvalue weighted by Crippen LogP contribution is -2.60. The maximum absolute atomic E-state index is 14.0. The van der Waals surface area contributed by atoms with Crippen molar-refractivity contribution in [3.63, 3.8) is 0 Å². The molecule has 1 unspecified atom stereocenters. The van der Waals surface area contributed by atoms with Gasteiger partial charge in [0.1, 0.15) is 6.04 Å². The van der Waals surface area contributed by atoms with E-state index in [-0.39, 0.29) is 11.3 Å². The van der Waals surface area contributed by atoms with Crippen LogP contribution in [0.5, 0.6) is 0 Å². The predicted molar refractivity (Wildman–Crippen MR) is 140 cm³/mol. The number of hydrogen-bond donors (Lipinski definition) is 4. The summed E-state index contributed by atoms with van der Waals surface area (Å²) < 4.78 is 33.6. The molecule has 1 aliphatic rings. The number of nitrogens with zero attached hydrogens (tertiary/aromatic N) is 1. The van der Waals surface area contributed by atoms with E-state index < -0.39 is 33.0 Å². The Hall–Kier alpha value is -3.67. The first-order valence-corrected chi connectivity index (χ1v) is 13.3. The molecule has 0 bridgehead atoms. The zero-order valence-electron chi connectivity index (χ0n) is 20.4. The molecule has 196 valence electrons. The zero-order valence-corrected chi connectivity index (χ0v) is 21.2. The molecule has 2 atom stereocenters. The Balaban J connectivity index is 1.72. The number of carbonyl (C=O) groups is 2. The monoisotopic (exact) mass is 526 g/mol. The molecule has 1 heterocycles. The molecule has 3 aromatic rings. The Morgan fingerprint density at radius 2 is 1.78 bits per heavy atom. The van der Waals surface area contributed by atoms with Gasteiger partial charge in [0.25, 0.3) is 5.06 Å². The van der Waals surface area contributed by atoms with E-state index in [1.807, 2.05) is 12.1 Å². The molecule has 10 nitrogen and oxygen atoms in total. The van der Waals surface area contributed by atoms with Gasteiger partial charge in [-0.2, -0.15) is 0 Å². The number of benzene rings is 3. The van der Waals surface area contributed by atoms with E-state index in [0.717, 1.165) is 5.39 Å². The normalized spacial score (nSPS) is 16.6. The molecule has 1 fully saturated rings. The molecule has 0 aromatic heterocycles. The summed E-state index contributed by atoms with van der Waals surface area (Å²) in [5.41, 5.74) is 6.86. The van der Waals surface area contributed by atoms with E-state index >= 15 is 0 Å². The highest BCUT2D eigenvalue weighted by molar-refractivity contribution is 7.92. The van der Waals surface area contributed by atoms with Gasteiger partial charge in [-0.1, -0.05) is 42.5 Å². The van der Waals surface area contributed by atoms with E-state index in [9.17, 15) is 23.1 Å². The number of amides is 1. The van der Waals surface area contributed by atoms with Crippen molar-refractivity contribution in [2.75, 3.05) is 31.9 Å². The third-order valence-corrected chi connectivity index (χ3v) is 8.43. The second kappa shape index (κ2) is 10.8. The van der Waals surface area contributed by atoms with Gasteiger partial charge in [-0.15, -0.1) is 0 Å². The number of hydrogen-bond acceptors (Lipinski definition) is 8. The molecular weight excluding hydrogens is 496 g/mol. The number of nitrogen functional groups attached to an aromatic ring is 1.